The Morgan fingerprint density at radius 3 is 2.43 bits per heavy atom. The second kappa shape index (κ2) is 5.52. The molecule has 0 aliphatic heterocycles. The number of para-hydroxylation sites is 1. The lowest BCUT2D eigenvalue weighted by atomic mass is 10.1. The van der Waals surface area contributed by atoms with Gasteiger partial charge in [0.2, 0.25) is 0 Å². The zero-order chi connectivity index (χ0) is 14.8. The molecule has 0 aliphatic rings. The number of nitrogens with zero attached hydrogens (tertiary/aromatic N) is 1. The number of ether oxygens (including phenoxy) is 2. The predicted octanol–water partition coefficient (Wildman–Crippen LogP) is 4.21. The van der Waals surface area contributed by atoms with Crippen LogP contribution in [0.4, 0.5) is 0 Å². The molecule has 0 unspecified atom stereocenters. The van der Waals surface area contributed by atoms with Gasteiger partial charge in [-0.2, -0.15) is 0 Å². The van der Waals surface area contributed by atoms with E-state index in [0.717, 1.165) is 23.6 Å². The number of hydrogen-bond donors (Lipinski definition) is 0. The number of aromatic nitrogens is 1. The summed E-state index contributed by atoms with van der Waals surface area (Å²) < 4.78 is 12.9. The third-order valence-corrected chi connectivity index (χ3v) is 3.82. The number of aryl methyl sites for hydroxylation is 1. The molecule has 108 valence electrons. The van der Waals surface area contributed by atoms with Crippen molar-refractivity contribution in [3.63, 3.8) is 0 Å². The smallest absolute Gasteiger partial charge is 0.162 e. The topological polar surface area (TPSA) is 23.4 Å². The van der Waals surface area contributed by atoms with Crippen LogP contribution in [0.3, 0.4) is 0 Å². The highest BCUT2D eigenvalue weighted by atomic mass is 16.5. The molecule has 3 heteroatoms. The number of benzene rings is 2. The third-order valence-electron chi connectivity index (χ3n) is 3.82. The van der Waals surface area contributed by atoms with Crippen molar-refractivity contribution >= 4 is 10.9 Å². The molecule has 1 aromatic heterocycles. The molecular formula is C18H19NO2. The molecule has 0 saturated heterocycles. The van der Waals surface area contributed by atoms with Gasteiger partial charge in [0.1, 0.15) is 0 Å². The van der Waals surface area contributed by atoms with Crippen molar-refractivity contribution in [2.24, 2.45) is 0 Å². The third kappa shape index (κ3) is 2.25. The first-order valence-corrected chi connectivity index (χ1v) is 7.09. The van der Waals surface area contributed by atoms with Gasteiger partial charge in [-0.1, -0.05) is 25.1 Å². The molecule has 0 amide bonds. The average molecular weight is 281 g/mol. The van der Waals surface area contributed by atoms with Crippen LogP contribution in [0.5, 0.6) is 11.5 Å². The Bertz CT molecular complexity index is 774. The van der Waals surface area contributed by atoms with E-state index in [-0.39, 0.29) is 0 Å². The van der Waals surface area contributed by atoms with Crippen LogP contribution in [-0.4, -0.2) is 18.8 Å². The maximum atomic E-state index is 5.41. The van der Waals surface area contributed by atoms with Gasteiger partial charge in [-0.25, -0.2) is 0 Å². The van der Waals surface area contributed by atoms with E-state index in [1.54, 1.807) is 14.2 Å². The summed E-state index contributed by atoms with van der Waals surface area (Å²) in [6.45, 7) is 2.18. The van der Waals surface area contributed by atoms with Crippen molar-refractivity contribution in [3.05, 3.63) is 54.2 Å². The second-order valence-electron chi connectivity index (χ2n) is 4.93. The molecule has 3 aromatic rings. The zero-order valence-corrected chi connectivity index (χ0v) is 12.6. The van der Waals surface area contributed by atoms with E-state index in [9.17, 15) is 0 Å². The average Bonchev–Trinajstić information content (AvgIpc) is 2.93. The second-order valence-corrected chi connectivity index (χ2v) is 4.93. The first-order valence-electron chi connectivity index (χ1n) is 7.09. The van der Waals surface area contributed by atoms with Crippen LogP contribution in [0.1, 0.15) is 12.5 Å². The van der Waals surface area contributed by atoms with Crippen LogP contribution < -0.4 is 9.47 Å². The summed E-state index contributed by atoms with van der Waals surface area (Å²) in [5, 5.41) is 1.30. The molecule has 0 radical (unpaired) electrons. The van der Waals surface area contributed by atoms with Crippen molar-refractivity contribution in [2.75, 3.05) is 14.2 Å². The van der Waals surface area contributed by atoms with Gasteiger partial charge in [0.05, 0.1) is 19.7 Å². The van der Waals surface area contributed by atoms with Crippen LogP contribution in [-0.2, 0) is 6.42 Å². The van der Waals surface area contributed by atoms with Gasteiger partial charge in [0, 0.05) is 23.3 Å². The van der Waals surface area contributed by atoms with E-state index in [2.05, 4.69) is 42.0 Å². The molecule has 1 heterocycles. The largest absolute Gasteiger partial charge is 0.493 e. The lowest BCUT2D eigenvalue weighted by Gasteiger charge is -2.11. The molecule has 2 aromatic carbocycles. The molecule has 0 bridgehead atoms. The van der Waals surface area contributed by atoms with Gasteiger partial charge in [0.25, 0.3) is 0 Å². The van der Waals surface area contributed by atoms with E-state index in [1.807, 2.05) is 18.2 Å². The molecule has 0 N–H and O–H groups in total. The van der Waals surface area contributed by atoms with E-state index in [4.69, 9.17) is 9.47 Å². The first-order chi connectivity index (χ1) is 10.3. The summed E-state index contributed by atoms with van der Waals surface area (Å²) in [5.74, 6) is 1.49. The van der Waals surface area contributed by atoms with Gasteiger partial charge in [-0.3, -0.25) is 0 Å². The molecule has 3 rings (SSSR count). The Labute approximate surface area is 124 Å². The fraction of sp³-hybridized carbons (Fsp3) is 0.222. The van der Waals surface area contributed by atoms with Crippen molar-refractivity contribution in [1.82, 2.24) is 4.57 Å². The maximum absolute atomic E-state index is 5.41. The van der Waals surface area contributed by atoms with Gasteiger partial charge < -0.3 is 14.0 Å². The first kappa shape index (κ1) is 13.6. The number of methoxy groups -OCH3 is 2. The molecular weight excluding hydrogens is 262 g/mol. The molecule has 0 saturated carbocycles. The summed E-state index contributed by atoms with van der Waals surface area (Å²) in [5.41, 5.74) is 3.63. The minimum absolute atomic E-state index is 0.742. The van der Waals surface area contributed by atoms with Crippen LogP contribution in [0.15, 0.2) is 48.7 Å². The maximum Gasteiger partial charge on any atom is 0.162 e. The molecule has 21 heavy (non-hydrogen) atoms. The Kier molecular flexibility index (Phi) is 3.57. The Hall–Kier alpha value is -2.42. The fourth-order valence-corrected chi connectivity index (χ4v) is 2.72. The molecule has 0 aliphatic carbocycles. The summed E-state index contributed by atoms with van der Waals surface area (Å²) in [4.78, 5) is 0. The highest BCUT2D eigenvalue weighted by Gasteiger charge is 2.10. The van der Waals surface area contributed by atoms with Gasteiger partial charge in [0.15, 0.2) is 11.5 Å². The van der Waals surface area contributed by atoms with E-state index in [0.29, 0.717) is 0 Å². The molecule has 3 nitrogen and oxygen atoms in total. The quantitative estimate of drug-likeness (QED) is 0.715. The number of rotatable bonds is 4. The molecule has 0 fully saturated rings. The normalized spacial score (nSPS) is 10.8. The lowest BCUT2D eigenvalue weighted by Crippen LogP contribution is -1.95. The zero-order valence-electron chi connectivity index (χ0n) is 12.6. The Balaban J connectivity index is 2.21. The van der Waals surface area contributed by atoms with Crippen LogP contribution in [0, 0.1) is 0 Å². The molecule has 0 atom stereocenters. The summed E-state index contributed by atoms with van der Waals surface area (Å²) in [6, 6.07) is 14.5. The van der Waals surface area contributed by atoms with Crippen molar-refractivity contribution < 1.29 is 9.47 Å². The fourth-order valence-electron chi connectivity index (χ4n) is 2.72. The standard InChI is InChI=1S/C18H19NO2/c1-4-13-12-19(16-8-6-5-7-15(13)16)14-9-10-17(20-2)18(11-14)21-3/h5-12H,4H2,1-3H3. The lowest BCUT2D eigenvalue weighted by molar-refractivity contribution is 0.355. The van der Waals surface area contributed by atoms with Crippen LogP contribution in [0.2, 0.25) is 0 Å². The number of hydrogen-bond acceptors (Lipinski definition) is 2. The van der Waals surface area contributed by atoms with Gasteiger partial charge >= 0.3 is 0 Å². The molecule has 0 spiro atoms. The Morgan fingerprint density at radius 1 is 0.952 bits per heavy atom. The van der Waals surface area contributed by atoms with Gasteiger partial charge in [-0.15, -0.1) is 0 Å². The van der Waals surface area contributed by atoms with Crippen LogP contribution in [0.25, 0.3) is 16.6 Å². The van der Waals surface area contributed by atoms with E-state index in [1.165, 1.54) is 16.5 Å². The van der Waals surface area contributed by atoms with Crippen molar-refractivity contribution in [1.29, 1.82) is 0 Å². The highest BCUT2D eigenvalue weighted by molar-refractivity contribution is 5.85. The number of fused-ring (bicyclic) bond motifs is 1. The SMILES string of the molecule is CCc1cn(-c2ccc(OC)c(OC)c2)c2ccccc12. The Morgan fingerprint density at radius 2 is 1.71 bits per heavy atom. The minimum Gasteiger partial charge on any atom is -0.493 e. The summed E-state index contributed by atoms with van der Waals surface area (Å²) in [7, 11) is 3.31. The summed E-state index contributed by atoms with van der Waals surface area (Å²) in [6.07, 6.45) is 3.21. The predicted molar refractivity (Wildman–Crippen MR) is 85.8 cm³/mol. The van der Waals surface area contributed by atoms with Crippen molar-refractivity contribution in [2.45, 2.75) is 13.3 Å². The van der Waals surface area contributed by atoms with E-state index >= 15 is 0 Å². The summed E-state index contributed by atoms with van der Waals surface area (Å²) >= 11 is 0. The van der Waals surface area contributed by atoms with Crippen LogP contribution >= 0.6 is 0 Å². The van der Waals surface area contributed by atoms with E-state index < -0.39 is 0 Å². The van der Waals surface area contributed by atoms with Crippen molar-refractivity contribution in [3.8, 4) is 17.2 Å². The van der Waals surface area contributed by atoms with Gasteiger partial charge in [-0.05, 0) is 30.2 Å². The minimum atomic E-state index is 0.742. The monoisotopic (exact) mass is 281 g/mol. The highest BCUT2D eigenvalue weighted by Crippen LogP contribution is 2.32.